The molecule has 1 heteroatoms. The zero-order valence-electron chi connectivity index (χ0n) is 10.0. The Kier molecular flexibility index (Phi) is 5.17. The van der Waals surface area contributed by atoms with Crippen LogP contribution in [-0.2, 0) is 0 Å². The summed E-state index contributed by atoms with van der Waals surface area (Å²) >= 11 is 6.37. The van der Waals surface area contributed by atoms with Crippen LogP contribution in [0.5, 0.6) is 0 Å². The minimum atomic E-state index is 0.191. The van der Waals surface area contributed by atoms with E-state index in [1.165, 1.54) is 36.0 Å². The molecule has 0 amide bonds. The summed E-state index contributed by atoms with van der Waals surface area (Å²) in [5.74, 6) is 0. The normalized spacial score (nSPS) is 12.8. The quantitative estimate of drug-likeness (QED) is 0.479. The number of benzene rings is 1. The van der Waals surface area contributed by atoms with E-state index in [-0.39, 0.29) is 5.38 Å². The van der Waals surface area contributed by atoms with E-state index in [1.807, 2.05) is 0 Å². The summed E-state index contributed by atoms with van der Waals surface area (Å²) < 4.78 is 0. The standard InChI is InChI=1S/C14H21Cl/c1-4-5-6-7-14(15)13-9-8-11(2)12(3)10-13/h8-10,14H,4-7H2,1-3H3. The first kappa shape index (κ1) is 12.6. The van der Waals surface area contributed by atoms with Crippen LogP contribution in [0.25, 0.3) is 0 Å². The largest absolute Gasteiger partial charge is 0.118 e. The fraction of sp³-hybridized carbons (Fsp3) is 0.571. The molecule has 0 aromatic heterocycles. The molecule has 0 fully saturated rings. The molecule has 0 bridgehead atoms. The van der Waals surface area contributed by atoms with Gasteiger partial charge in [0.1, 0.15) is 0 Å². The lowest BCUT2D eigenvalue weighted by Crippen LogP contribution is -1.93. The molecular weight excluding hydrogens is 204 g/mol. The van der Waals surface area contributed by atoms with Crippen LogP contribution in [-0.4, -0.2) is 0 Å². The maximum absolute atomic E-state index is 6.37. The highest BCUT2D eigenvalue weighted by atomic mass is 35.5. The number of alkyl halides is 1. The van der Waals surface area contributed by atoms with Gasteiger partial charge in [0.15, 0.2) is 0 Å². The topological polar surface area (TPSA) is 0 Å². The summed E-state index contributed by atoms with van der Waals surface area (Å²) in [6.45, 7) is 6.51. The molecule has 0 N–H and O–H groups in total. The van der Waals surface area contributed by atoms with Gasteiger partial charge in [-0.25, -0.2) is 0 Å². The van der Waals surface area contributed by atoms with Gasteiger partial charge in [-0.15, -0.1) is 11.6 Å². The monoisotopic (exact) mass is 224 g/mol. The Morgan fingerprint density at radius 2 is 1.87 bits per heavy atom. The van der Waals surface area contributed by atoms with E-state index < -0.39 is 0 Å². The Morgan fingerprint density at radius 3 is 2.47 bits per heavy atom. The molecule has 0 nitrogen and oxygen atoms in total. The number of halogens is 1. The van der Waals surface area contributed by atoms with Crippen LogP contribution >= 0.6 is 11.6 Å². The maximum atomic E-state index is 6.37. The van der Waals surface area contributed by atoms with Crippen LogP contribution < -0.4 is 0 Å². The molecule has 1 atom stereocenters. The van der Waals surface area contributed by atoms with Crippen LogP contribution in [0, 0.1) is 13.8 Å². The van der Waals surface area contributed by atoms with Gasteiger partial charge in [-0.3, -0.25) is 0 Å². The molecule has 84 valence electrons. The smallest absolute Gasteiger partial charge is 0.0585 e. The van der Waals surface area contributed by atoms with E-state index in [1.54, 1.807) is 0 Å². The summed E-state index contributed by atoms with van der Waals surface area (Å²) in [5.41, 5.74) is 3.96. The molecule has 0 saturated heterocycles. The van der Waals surface area contributed by atoms with Crippen molar-refractivity contribution in [1.82, 2.24) is 0 Å². The Morgan fingerprint density at radius 1 is 1.13 bits per heavy atom. The highest BCUT2D eigenvalue weighted by molar-refractivity contribution is 6.20. The van der Waals surface area contributed by atoms with Crippen LogP contribution in [0.4, 0.5) is 0 Å². The third-order valence-electron chi connectivity index (χ3n) is 2.95. The lowest BCUT2D eigenvalue weighted by atomic mass is 10.0. The molecule has 1 aromatic carbocycles. The fourth-order valence-corrected chi connectivity index (χ4v) is 1.99. The molecule has 1 unspecified atom stereocenters. The zero-order chi connectivity index (χ0) is 11.3. The van der Waals surface area contributed by atoms with Gasteiger partial charge in [-0.1, -0.05) is 44.4 Å². The second-order valence-electron chi connectivity index (χ2n) is 4.31. The molecule has 15 heavy (non-hydrogen) atoms. The van der Waals surface area contributed by atoms with Crippen molar-refractivity contribution < 1.29 is 0 Å². The summed E-state index contributed by atoms with van der Waals surface area (Å²) in [4.78, 5) is 0. The Balaban J connectivity index is 2.57. The van der Waals surface area contributed by atoms with Gasteiger partial charge in [0.05, 0.1) is 5.38 Å². The molecule has 0 radical (unpaired) electrons. The minimum Gasteiger partial charge on any atom is -0.118 e. The molecule has 0 aliphatic heterocycles. The van der Waals surface area contributed by atoms with E-state index in [4.69, 9.17) is 11.6 Å². The number of hydrogen-bond acceptors (Lipinski definition) is 0. The molecule has 0 aliphatic carbocycles. The van der Waals surface area contributed by atoms with Crippen molar-refractivity contribution >= 4 is 11.6 Å². The number of hydrogen-bond donors (Lipinski definition) is 0. The summed E-state index contributed by atoms with van der Waals surface area (Å²) in [7, 11) is 0. The first-order valence-corrected chi connectivity index (χ1v) is 6.30. The van der Waals surface area contributed by atoms with E-state index in [0.717, 1.165) is 6.42 Å². The van der Waals surface area contributed by atoms with Gasteiger partial charge < -0.3 is 0 Å². The van der Waals surface area contributed by atoms with Crippen molar-refractivity contribution in [3.8, 4) is 0 Å². The van der Waals surface area contributed by atoms with Gasteiger partial charge in [-0.05, 0) is 37.0 Å². The predicted molar refractivity (Wildman–Crippen MR) is 68.7 cm³/mol. The third kappa shape index (κ3) is 3.87. The summed E-state index contributed by atoms with van der Waals surface area (Å²) in [5, 5.41) is 0.191. The maximum Gasteiger partial charge on any atom is 0.0585 e. The van der Waals surface area contributed by atoms with Crippen LogP contribution in [0.1, 0.15) is 54.7 Å². The molecule has 1 rings (SSSR count). The van der Waals surface area contributed by atoms with E-state index in [2.05, 4.69) is 39.0 Å². The Labute approximate surface area is 98.7 Å². The van der Waals surface area contributed by atoms with Crippen molar-refractivity contribution in [3.05, 3.63) is 34.9 Å². The molecule has 0 heterocycles. The van der Waals surface area contributed by atoms with Crippen molar-refractivity contribution in [3.63, 3.8) is 0 Å². The van der Waals surface area contributed by atoms with E-state index in [9.17, 15) is 0 Å². The first-order valence-electron chi connectivity index (χ1n) is 5.86. The summed E-state index contributed by atoms with van der Waals surface area (Å²) in [6, 6.07) is 6.55. The lowest BCUT2D eigenvalue weighted by molar-refractivity contribution is 0.655. The van der Waals surface area contributed by atoms with Crippen molar-refractivity contribution in [1.29, 1.82) is 0 Å². The second kappa shape index (κ2) is 6.17. The molecule has 0 aliphatic rings. The number of unbranched alkanes of at least 4 members (excludes halogenated alkanes) is 2. The number of aryl methyl sites for hydroxylation is 2. The van der Waals surface area contributed by atoms with Crippen molar-refractivity contribution in [2.75, 3.05) is 0 Å². The van der Waals surface area contributed by atoms with Gasteiger partial charge in [0.2, 0.25) is 0 Å². The average Bonchev–Trinajstić information content (AvgIpc) is 2.22. The van der Waals surface area contributed by atoms with Gasteiger partial charge in [-0.2, -0.15) is 0 Å². The van der Waals surface area contributed by atoms with Crippen LogP contribution in [0.3, 0.4) is 0 Å². The fourth-order valence-electron chi connectivity index (χ4n) is 1.70. The van der Waals surface area contributed by atoms with Gasteiger partial charge >= 0.3 is 0 Å². The zero-order valence-corrected chi connectivity index (χ0v) is 10.8. The van der Waals surface area contributed by atoms with Crippen molar-refractivity contribution in [2.45, 2.75) is 51.8 Å². The minimum absolute atomic E-state index is 0.191. The van der Waals surface area contributed by atoms with E-state index in [0.29, 0.717) is 0 Å². The Bertz CT molecular complexity index is 304. The average molecular weight is 225 g/mol. The highest BCUT2D eigenvalue weighted by Gasteiger charge is 2.07. The van der Waals surface area contributed by atoms with Crippen LogP contribution in [0.2, 0.25) is 0 Å². The number of rotatable bonds is 5. The first-order chi connectivity index (χ1) is 7.15. The molecule has 1 aromatic rings. The molecular formula is C14H21Cl. The summed E-state index contributed by atoms with van der Waals surface area (Å²) in [6.07, 6.45) is 4.88. The lowest BCUT2D eigenvalue weighted by Gasteiger charge is -2.11. The molecule has 0 spiro atoms. The third-order valence-corrected chi connectivity index (χ3v) is 3.42. The van der Waals surface area contributed by atoms with Crippen LogP contribution in [0.15, 0.2) is 18.2 Å². The van der Waals surface area contributed by atoms with Crippen molar-refractivity contribution in [2.24, 2.45) is 0 Å². The SMILES string of the molecule is CCCCCC(Cl)c1ccc(C)c(C)c1. The molecule has 0 saturated carbocycles. The van der Waals surface area contributed by atoms with Gasteiger partial charge in [0.25, 0.3) is 0 Å². The Hall–Kier alpha value is -0.490. The van der Waals surface area contributed by atoms with E-state index >= 15 is 0 Å². The second-order valence-corrected chi connectivity index (χ2v) is 4.83. The predicted octanol–water partition coefficient (Wildman–Crippen LogP) is 5.16. The highest BCUT2D eigenvalue weighted by Crippen LogP contribution is 2.27. The van der Waals surface area contributed by atoms with Gasteiger partial charge in [0, 0.05) is 0 Å².